The first-order valence-electron chi connectivity index (χ1n) is 5.37. The van der Waals surface area contributed by atoms with Gasteiger partial charge in [0, 0.05) is 6.20 Å². The molecule has 0 spiro atoms. The van der Waals surface area contributed by atoms with Crippen molar-refractivity contribution in [2.75, 3.05) is 6.61 Å². The van der Waals surface area contributed by atoms with E-state index in [1.165, 1.54) is 10.8 Å². The van der Waals surface area contributed by atoms with Crippen LogP contribution in [0.4, 0.5) is 0 Å². The predicted octanol–water partition coefficient (Wildman–Crippen LogP) is -1.30. The number of H-pyrrole nitrogens is 1. The third-order valence-electron chi connectivity index (χ3n) is 2.81. The number of aromatic amines is 1. The summed E-state index contributed by atoms with van der Waals surface area (Å²) in [5.74, 6) is 0. The van der Waals surface area contributed by atoms with Crippen molar-refractivity contribution in [3.05, 3.63) is 32.6 Å². The van der Waals surface area contributed by atoms with Crippen LogP contribution in [0.2, 0.25) is 0 Å². The summed E-state index contributed by atoms with van der Waals surface area (Å²) in [4.78, 5) is 24.9. The van der Waals surface area contributed by atoms with E-state index in [1.807, 2.05) is 0 Å². The molecule has 94 valence electrons. The minimum atomic E-state index is -0.592. The van der Waals surface area contributed by atoms with Crippen LogP contribution in [0.1, 0.15) is 24.6 Å². The summed E-state index contributed by atoms with van der Waals surface area (Å²) >= 11 is 0. The van der Waals surface area contributed by atoms with Crippen LogP contribution in [0, 0.1) is 0 Å². The molecular formula is C10H14N2O5. The van der Waals surface area contributed by atoms with Crippen molar-refractivity contribution in [3.8, 4) is 0 Å². The van der Waals surface area contributed by atoms with Crippen molar-refractivity contribution in [1.29, 1.82) is 0 Å². The highest BCUT2D eigenvalue weighted by molar-refractivity contribution is 5.03. The quantitative estimate of drug-likeness (QED) is 0.611. The molecule has 0 radical (unpaired) electrons. The van der Waals surface area contributed by atoms with Gasteiger partial charge in [-0.15, -0.1) is 0 Å². The largest absolute Gasteiger partial charge is 0.394 e. The van der Waals surface area contributed by atoms with Crippen molar-refractivity contribution in [2.45, 2.75) is 31.8 Å². The fourth-order valence-electron chi connectivity index (χ4n) is 1.88. The van der Waals surface area contributed by atoms with Crippen LogP contribution in [-0.2, 0) is 11.3 Å². The molecule has 0 bridgehead atoms. The van der Waals surface area contributed by atoms with Crippen LogP contribution in [0.5, 0.6) is 0 Å². The van der Waals surface area contributed by atoms with Gasteiger partial charge in [-0.3, -0.25) is 14.3 Å². The second kappa shape index (κ2) is 4.82. The molecule has 1 aliphatic heterocycles. The molecule has 7 nitrogen and oxygen atoms in total. The standard InChI is InChI=1S/C10H14N2O5/c13-4-6-3-12(10(16)11-9(6)15)8-2-1-7(5-14)17-8/h3,7-8,13-14H,1-2,4-5H2,(H,11,15,16)/t7-,8+/m0/s1. The summed E-state index contributed by atoms with van der Waals surface area (Å²) in [7, 11) is 0. The Morgan fingerprint density at radius 3 is 2.76 bits per heavy atom. The van der Waals surface area contributed by atoms with Crippen molar-refractivity contribution < 1.29 is 14.9 Å². The third-order valence-corrected chi connectivity index (χ3v) is 2.81. The number of aromatic nitrogens is 2. The van der Waals surface area contributed by atoms with E-state index in [0.29, 0.717) is 12.8 Å². The summed E-state index contributed by atoms with van der Waals surface area (Å²) in [5.41, 5.74) is -1.05. The predicted molar refractivity (Wildman–Crippen MR) is 57.5 cm³/mol. The van der Waals surface area contributed by atoms with Gasteiger partial charge in [-0.1, -0.05) is 0 Å². The first-order valence-corrected chi connectivity index (χ1v) is 5.37. The highest BCUT2D eigenvalue weighted by Crippen LogP contribution is 2.26. The lowest BCUT2D eigenvalue weighted by Gasteiger charge is -2.15. The van der Waals surface area contributed by atoms with Crippen LogP contribution >= 0.6 is 0 Å². The van der Waals surface area contributed by atoms with Gasteiger partial charge in [0.05, 0.1) is 24.9 Å². The van der Waals surface area contributed by atoms with Gasteiger partial charge in [0.2, 0.25) is 0 Å². The monoisotopic (exact) mass is 242 g/mol. The van der Waals surface area contributed by atoms with Crippen molar-refractivity contribution in [1.82, 2.24) is 9.55 Å². The Morgan fingerprint density at radius 1 is 1.41 bits per heavy atom. The fourth-order valence-corrected chi connectivity index (χ4v) is 1.88. The van der Waals surface area contributed by atoms with E-state index in [1.54, 1.807) is 0 Å². The first-order chi connectivity index (χ1) is 8.15. The minimum absolute atomic E-state index is 0.0958. The molecule has 0 amide bonds. The summed E-state index contributed by atoms with van der Waals surface area (Å²) in [6.07, 6.45) is 1.76. The van der Waals surface area contributed by atoms with Gasteiger partial charge >= 0.3 is 5.69 Å². The first kappa shape index (κ1) is 12.0. The Kier molecular flexibility index (Phi) is 3.41. The summed E-state index contributed by atoms with van der Waals surface area (Å²) in [6.45, 7) is -0.535. The average molecular weight is 242 g/mol. The Morgan fingerprint density at radius 2 is 2.18 bits per heavy atom. The molecule has 1 aromatic rings. The lowest BCUT2D eigenvalue weighted by Crippen LogP contribution is -2.34. The molecule has 2 rings (SSSR count). The normalized spacial score (nSPS) is 24.1. The number of aliphatic hydroxyl groups is 2. The van der Waals surface area contributed by atoms with E-state index in [4.69, 9.17) is 14.9 Å². The molecule has 0 aromatic carbocycles. The van der Waals surface area contributed by atoms with Gasteiger partial charge in [0.15, 0.2) is 0 Å². The lowest BCUT2D eigenvalue weighted by atomic mass is 10.2. The van der Waals surface area contributed by atoms with Crippen LogP contribution in [0.3, 0.4) is 0 Å². The fraction of sp³-hybridized carbons (Fsp3) is 0.600. The molecule has 1 aromatic heterocycles. The molecule has 0 unspecified atom stereocenters. The Bertz CT molecular complexity index is 506. The molecule has 0 saturated carbocycles. The molecule has 2 atom stereocenters. The molecule has 2 heterocycles. The lowest BCUT2D eigenvalue weighted by molar-refractivity contribution is -0.0248. The smallest absolute Gasteiger partial charge is 0.330 e. The van der Waals surface area contributed by atoms with Crippen molar-refractivity contribution in [2.24, 2.45) is 0 Å². The second-order valence-corrected chi connectivity index (χ2v) is 3.95. The molecule has 1 saturated heterocycles. The zero-order chi connectivity index (χ0) is 12.4. The highest BCUT2D eigenvalue weighted by Gasteiger charge is 2.26. The minimum Gasteiger partial charge on any atom is -0.394 e. The molecule has 17 heavy (non-hydrogen) atoms. The second-order valence-electron chi connectivity index (χ2n) is 3.95. The zero-order valence-corrected chi connectivity index (χ0v) is 9.13. The van der Waals surface area contributed by atoms with Gasteiger partial charge in [0.1, 0.15) is 6.23 Å². The van der Waals surface area contributed by atoms with E-state index < -0.39 is 24.1 Å². The third kappa shape index (κ3) is 2.31. The number of nitrogens with zero attached hydrogens (tertiary/aromatic N) is 1. The summed E-state index contributed by atoms with van der Waals surface area (Å²) < 4.78 is 6.66. The van der Waals surface area contributed by atoms with Gasteiger partial charge in [-0.2, -0.15) is 0 Å². The summed E-state index contributed by atoms with van der Waals surface area (Å²) in [6, 6.07) is 0. The number of hydrogen-bond donors (Lipinski definition) is 3. The molecule has 7 heteroatoms. The summed E-state index contributed by atoms with van der Waals surface area (Å²) in [5, 5.41) is 17.9. The molecular weight excluding hydrogens is 228 g/mol. The van der Waals surface area contributed by atoms with Crippen LogP contribution in [0.25, 0.3) is 0 Å². The van der Waals surface area contributed by atoms with E-state index in [2.05, 4.69) is 4.98 Å². The number of ether oxygens (including phenoxy) is 1. The molecule has 1 fully saturated rings. The maximum Gasteiger partial charge on any atom is 0.330 e. The van der Waals surface area contributed by atoms with Gasteiger partial charge in [-0.05, 0) is 12.8 Å². The van der Waals surface area contributed by atoms with Crippen LogP contribution < -0.4 is 11.2 Å². The van der Waals surface area contributed by atoms with Crippen LogP contribution in [0.15, 0.2) is 15.8 Å². The van der Waals surface area contributed by atoms with Crippen molar-refractivity contribution in [3.63, 3.8) is 0 Å². The molecule has 0 aliphatic carbocycles. The Hall–Kier alpha value is -1.44. The van der Waals surface area contributed by atoms with E-state index in [9.17, 15) is 9.59 Å². The SMILES string of the molecule is O=c1[nH]c(=O)n([C@H]2CC[C@@H](CO)O2)cc1CO. The van der Waals surface area contributed by atoms with Gasteiger partial charge < -0.3 is 14.9 Å². The molecule has 3 N–H and O–H groups in total. The maximum absolute atomic E-state index is 11.6. The van der Waals surface area contributed by atoms with Crippen molar-refractivity contribution >= 4 is 0 Å². The molecule has 1 aliphatic rings. The van der Waals surface area contributed by atoms with Gasteiger partial charge in [-0.25, -0.2) is 4.79 Å². The number of rotatable bonds is 3. The number of nitrogens with one attached hydrogen (secondary N) is 1. The van der Waals surface area contributed by atoms with E-state index in [0.717, 1.165) is 0 Å². The van der Waals surface area contributed by atoms with E-state index >= 15 is 0 Å². The number of aliphatic hydroxyl groups excluding tert-OH is 2. The number of hydrogen-bond acceptors (Lipinski definition) is 5. The van der Waals surface area contributed by atoms with E-state index in [-0.39, 0.29) is 18.3 Å². The van der Waals surface area contributed by atoms with Crippen LogP contribution in [-0.4, -0.2) is 32.5 Å². The average Bonchev–Trinajstić information content (AvgIpc) is 2.78. The Balaban J connectivity index is 2.33. The Labute approximate surface area is 96.3 Å². The van der Waals surface area contributed by atoms with Gasteiger partial charge in [0.25, 0.3) is 5.56 Å². The topological polar surface area (TPSA) is 105 Å². The maximum atomic E-state index is 11.6. The highest BCUT2D eigenvalue weighted by atomic mass is 16.5. The zero-order valence-electron chi connectivity index (χ0n) is 9.13.